The molecule has 7 nitrogen and oxygen atoms in total. The predicted octanol–water partition coefficient (Wildman–Crippen LogP) is 2.14. The minimum absolute atomic E-state index is 0.118. The van der Waals surface area contributed by atoms with Gasteiger partial charge in [-0.2, -0.15) is 0 Å². The molecular formula is C22H29N3O4. The molecule has 2 N–H and O–H groups in total. The van der Waals surface area contributed by atoms with Crippen molar-refractivity contribution in [3.05, 3.63) is 29.3 Å². The molecular weight excluding hydrogens is 370 g/mol. The summed E-state index contributed by atoms with van der Waals surface area (Å²) in [4.78, 5) is 38.0. The third-order valence-electron chi connectivity index (χ3n) is 6.03. The molecule has 4 rings (SSSR count). The Hall–Kier alpha value is -2.41. The fourth-order valence-corrected chi connectivity index (χ4v) is 4.66. The third-order valence-corrected chi connectivity index (χ3v) is 6.03. The van der Waals surface area contributed by atoms with Crippen molar-refractivity contribution < 1.29 is 19.1 Å². The Morgan fingerprint density at radius 2 is 1.93 bits per heavy atom. The van der Waals surface area contributed by atoms with E-state index in [-0.39, 0.29) is 30.2 Å². The molecule has 3 atom stereocenters. The van der Waals surface area contributed by atoms with Crippen LogP contribution < -0.4 is 15.4 Å². The number of ether oxygens (including phenoxy) is 1. The van der Waals surface area contributed by atoms with Crippen LogP contribution >= 0.6 is 0 Å². The van der Waals surface area contributed by atoms with Gasteiger partial charge in [-0.05, 0) is 49.4 Å². The Kier molecular flexibility index (Phi) is 5.58. The van der Waals surface area contributed by atoms with Crippen LogP contribution in [0.15, 0.2) is 18.2 Å². The molecule has 1 unspecified atom stereocenters. The van der Waals surface area contributed by atoms with Gasteiger partial charge in [-0.1, -0.05) is 20.3 Å². The number of nitrogens with one attached hydrogen (secondary N) is 2. The first-order valence-corrected chi connectivity index (χ1v) is 10.6. The molecule has 29 heavy (non-hydrogen) atoms. The van der Waals surface area contributed by atoms with Crippen LogP contribution in [0.5, 0.6) is 5.75 Å². The first-order valence-electron chi connectivity index (χ1n) is 10.6. The summed E-state index contributed by atoms with van der Waals surface area (Å²) in [5, 5.41) is 5.95. The van der Waals surface area contributed by atoms with Gasteiger partial charge in [0.1, 0.15) is 17.9 Å². The average molecular weight is 399 g/mol. The summed E-state index contributed by atoms with van der Waals surface area (Å²) >= 11 is 0. The van der Waals surface area contributed by atoms with Crippen LogP contribution in [0.1, 0.15) is 68.3 Å². The molecule has 156 valence electrons. The molecule has 0 aromatic heterocycles. The van der Waals surface area contributed by atoms with Crippen molar-refractivity contribution in [1.82, 2.24) is 15.5 Å². The summed E-state index contributed by atoms with van der Waals surface area (Å²) in [6.07, 6.45) is 5.25. The van der Waals surface area contributed by atoms with E-state index in [9.17, 15) is 14.4 Å². The number of rotatable bonds is 5. The second-order valence-electron chi connectivity index (χ2n) is 8.59. The molecule has 3 aliphatic rings. The highest BCUT2D eigenvalue weighted by molar-refractivity contribution is 6.05. The third kappa shape index (κ3) is 4.15. The number of piperidine rings is 1. The molecule has 0 bridgehead atoms. The fourth-order valence-electron chi connectivity index (χ4n) is 4.66. The first-order chi connectivity index (χ1) is 13.9. The van der Waals surface area contributed by atoms with Gasteiger partial charge < -0.3 is 15.0 Å². The van der Waals surface area contributed by atoms with Gasteiger partial charge in [0, 0.05) is 30.6 Å². The zero-order chi connectivity index (χ0) is 20.5. The molecule has 0 spiro atoms. The Morgan fingerprint density at radius 1 is 1.14 bits per heavy atom. The van der Waals surface area contributed by atoms with Gasteiger partial charge >= 0.3 is 0 Å². The van der Waals surface area contributed by atoms with E-state index < -0.39 is 6.04 Å². The van der Waals surface area contributed by atoms with E-state index in [4.69, 9.17) is 4.74 Å². The van der Waals surface area contributed by atoms with Crippen molar-refractivity contribution in [2.45, 2.75) is 83.1 Å². The normalized spacial score (nSPS) is 27.2. The van der Waals surface area contributed by atoms with Gasteiger partial charge in [0.2, 0.25) is 11.8 Å². The largest absolute Gasteiger partial charge is 0.489 e. The molecule has 1 saturated carbocycles. The Labute approximate surface area is 171 Å². The van der Waals surface area contributed by atoms with E-state index in [0.29, 0.717) is 30.6 Å². The maximum Gasteiger partial charge on any atom is 0.255 e. The molecule has 2 aliphatic heterocycles. The van der Waals surface area contributed by atoms with Crippen LogP contribution in [0.25, 0.3) is 0 Å². The number of amides is 3. The number of hydrogen-bond donors (Lipinski definition) is 2. The molecule has 1 saturated heterocycles. The Bertz CT molecular complexity index is 822. The predicted molar refractivity (Wildman–Crippen MR) is 107 cm³/mol. The minimum Gasteiger partial charge on any atom is -0.489 e. The zero-order valence-corrected chi connectivity index (χ0v) is 17.1. The van der Waals surface area contributed by atoms with Gasteiger partial charge in [0.05, 0.1) is 0 Å². The highest BCUT2D eigenvalue weighted by atomic mass is 16.5. The molecule has 1 aromatic rings. The minimum atomic E-state index is -0.588. The van der Waals surface area contributed by atoms with Crippen LogP contribution in [0.2, 0.25) is 0 Å². The van der Waals surface area contributed by atoms with E-state index >= 15 is 0 Å². The molecule has 1 aromatic carbocycles. The van der Waals surface area contributed by atoms with E-state index in [1.165, 1.54) is 6.42 Å². The lowest BCUT2D eigenvalue weighted by molar-refractivity contribution is -0.136. The van der Waals surface area contributed by atoms with Crippen LogP contribution in [-0.4, -0.2) is 46.9 Å². The van der Waals surface area contributed by atoms with Crippen LogP contribution in [0.3, 0.4) is 0 Å². The number of nitrogens with zero attached hydrogens (tertiary/aromatic N) is 1. The molecule has 0 radical (unpaired) electrons. The monoisotopic (exact) mass is 399 g/mol. The van der Waals surface area contributed by atoms with Crippen LogP contribution in [0, 0.1) is 0 Å². The van der Waals surface area contributed by atoms with Crippen molar-refractivity contribution in [2.24, 2.45) is 0 Å². The SMILES string of the molecule is CC(C)N[C@@H]1CCCC[C@@H]1Oc1ccc2c(c1)CN(C1CCC(=O)NC1=O)C2=O. The van der Waals surface area contributed by atoms with E-state index in [1.54, 1.807) is 11.0 Å². The topological polar surface area (TPSA) is 87.7 Å². The summed E-state index contributed by atoms with van der Waals surface area (Å²) in [5.74, 6) is -0.0472. The lowest BCUT2D eigenvalue weighted by Crippen LogP contribution is -2.52. The van der Waals surface area contributed by atoms with Crippen molar-refractivity contribution >= 4 is 17.7 Å². The summed E-state index contributed by atoms with van der Waals surface area (Å²) in [6, 6.07) is 5.73. The van der Waals surface area contributed by atoms with Crippen molar-refractivity contribution in [1.29, 1.82) is 0 Å². The average Bonchev–Trinajstić information content (AvgIpc) is 2.99. The first kappa shape index (κ1) is 19.9. The summed E-state index contributed by atoms with van der Waals surface area (Å²) in [6.45, 7) is 4.67. The van der Waals surface area contributed by atoms with Crippen molar-refractivity contribution in [2.75, 3.05) is 0 Å². The number of carbonyl (C=O) groups excluding carboxylic acids is 3. The Balaban J connectivity index is 1.47. The van der Waals surface area contributed by atoms with Gasteiger partial charge in [-0.3, -0.25) is 19.7 Å². The second kappa shape index (κ2) is 8.14. The maximum atomic E-state index is 12.8. The number of fused-ring (bicyclic) bond motifs is 1. The van der Waals surface area contributed by atoms with Crippen LogP contribution in [0.4, 0.5) is 0 Å². The second-order valence-corrected chi connectivity index (χ2v) is 8.59. The standard InChI is InChI=1S/C22H29N3O4/c1-13(2)23-17-5-3-4-6-19(17)29-15-7-8-16-14(11-15)12-25(22(16)28)18-9-10-20(26)24-21(18)27/h7-8,11,13,17-19,23H,3-6,9-10,12H2,1-2H3,(H,24,26,27)/t17-,18?,19+/m1/s1. The van der Waals surface area contributed by atoms with Gasteiger partial charge in [-0.15, -0.1) is 0 Å². The highest BCUT2D eigenvalue weighted by Gasteiger charge is 2.39. The fraction of sp³-hybridized carbons (Fsp3) is 0.591. The lowest BCUT2D eigenvalue weighted by Gasteiger charge is -2.34. The zero-order valence-electron chi connectivity index (χ0n) is 17.1. The number of imide groups is 1. The number of hydrogen-bond acceptors (Lipinski definition) is 5. The van der Waals surface area contributed by atoms with E-state index in [0.717, 1.165) is 30.6 Å². The molecule has 2 fully saturated rings. The highest BCUT2D eigenvalue weighted by Crippen LogP contribution is 2.32. The summed E-state index contributed by atoms with van der Waals surface area (Å²) in [7, 11) is 0. The molecule has 7 heteroatoms. The van der Waals surface area contributed by atoms with Crippen molar-refractivity contribution in [3.63, 3.8) is 0 Å². The van der Waals surface area contributed by atoms with Crippen LogP contribution in [-0.2, 0) is 16.1 Å². The Morgan fingerprint density at radius 3 is 2.69 bits per heavy atom. The van der Waals surface area contributed by atoms with Gasteiger partial charge in [-0.25, -0.2) is 0 Å². The summed E-state index contributed by atoms with van der Waals surface area (Å²) in [5.41, 5.74) is 1.49. The van der Waals surface area contributed by atoms with Crippen molar-refractivity contribution in [3.8, 4) is 5.75 Å². The van der Waals surface area contributed by atoms with Gasteiger partial charge in [0.15, 0.2) is 0 Å². The molecule has 3 amide bonds. The van der Waals surface area contributed by atoms with E-state index in [1.807, 2.05) is 12.1 Å². The smallest absolute Gasteiger partial charge is 0.255 e. The maximum absolute atomic E-state index is 12.8. The number of carbonyl (C=O) groups is 3. The number of benzene rings is 1. The lowest BCUT2D eigenvalue weighted by atomic mass is 9.92. The summed E-state index contributed by atoms with van der Waals surface area (Å²) < 4.78 is 6.33. The van der Waals surface area contributed by atoms with E-state index in [2.05, 4.69) is 24.5 Å². The molecule has 1 aliphatic carbocycles. The molecule has 2 heterocycles. The van der Waals surface area contributed by atoms with Gasteiger partial charge in [0.25, 0.3) is 5.91 Å². The quantitative estimate of drug-likeness (QED) is 0.741.